The molecule has 0 spiro atoms. The van der Waals surface area contributed by atoms with E-state index in [9.17, 15) is 4.39 Å². The highest BCUT2D eigenvalue weighted by atomic mass is 32.1. The second kappa shape index (κ2) is 9.58. The van der Waals surface area contributed by atoms with E-state index >= 15 is 0 Å². The third-order valence-electron chi connectivity index (χ3n) is 6.79. The molecule has 0 radical (unpaired) electrons. The van der Waals surface area contributed by atoms with Crippen LogP contribution in [0.25, 0.3) is 55.2 Å². The van der Waals surface area contributed by atoms with Gasteiger partial charge in [0.05, 0.1) is 35.3 Å². The number of halogens is 1. The monoisotopic (exact) mass is 526 g/mol. The highest BCUT2D eigenvalue weighted by Gasteiger charge is 2.18. The number of hydrogen-bond donors (Lipinski definition) is 2. The maximum atomic E-state index is 13.7. The summed E-state index contributed by atoms with van der Waals surface area (Å²) in [6.07, 6.45) is 11.2. The summed E-state index contributed by atoms with van der Waals surface area (Å²) < 4.78 is 19.7. The summed E-state index contributed by atoms with van der Waals surface area (Å²) in [6.45, 7) is 3.84. The van der Waals surface area contributed by atoms with E-state index in [1.165, 1.54) is 18.9 Å². The van der Waals surface area contributed by atoms with Crippen LogP contribution in [0.5, 0.6) is 5.75 Å². The van der Waals surface area contributed by atoms with E-state index < -0.39 is 0 Å². The summed E-state index contributed by atoms with van der Waals surface area (Å²) in [7, 11) is 0. The molecule has 0 saturated carbocycles. The maximum Gasteiger partial charge on any atom is 0.176 e. The Morgan fingerprint density at radius 2 is 1.89 bits per heavy atom. The summed E-state index contributed by atoms with van der Waals surface area (Å²) >= 11 is 1.07. The van der Waals surface area contributed by atoms with Crippen LogP contribution in [0.4, 0.5) is 4.39 Å². The molecule has 0 unspecified atom stereocenters. The van der Waals surface area contributed by atoms with E-state index in [-0.39, 0.29) is 5.13 Å². The van der Waals surface area contributed by atoms with Crippen molar-refractivity contribution in [3.63, 3.8) is 0 Å². The lowest BCUT2D eigenvalue weighted by Gasteiger charge is -2.15. The molecule has 0 amide bonds. The van der Waals surface area contributed by atoms with Gasteiger partial charge in [0.25, 0.3) is 0 Å². The Morgan fingerprint density at radius 1 is 1.00 bits per heavy atom. The predicted octanol–water partition coefficient (Wildman–Crippen LogP) is 5.30. The van der Waals surface area contributed by atoms with E-state index in [0.29, 0.717) is 23.6 Å². The quantitative estimate of drug-likeness (QED) is 0.291. The zero-order valence-corrected chi connectivity index (χ0v) is 21.1. The van der Waals surface area contributed by atoms with Crippen LogP contribution < -0.4 is 4.74 Å². The minimum atomic E-state index is -0.248. The third-order valence-corrected chi connectivity index (χ3v) is 7.70. The highest BCUT2D eigenvalue weighted by molar-refractivity contribution is 7.14. The molecule has 2 N–H and O–H groups in total. The fourth-order valence-electron chi connectivity index (χ4n) is 4.88. The Hall–Kier alpha value is -4.22. The number of likely N-dealkylation sites (tertiary alicyclic amines) is 1. The van der Waals surface area contributed by atoms with Gasteiger partial charge in [-0.15, -0.1) is 11.3 Å². The Labute approximate surface area is 220 Å². The van der Waals surface area contributed by atoms with Crippen molar-refractivity contribution in [2.24, 2.45) is 0 Å². The van der Waals surface area contributed by atoms with Gasteiger partial charge in [0.15, 0.2) is 11.0 Å². The average molecular weight is 527 g/mol. The minimum Gasteiger partial charge on any atom is -0.491 e. The zero-order valence-electron chi connectivity index (χ0n) is 20.3. The molecule has 0 bridgehead atoms. The van der Waals surface area contributed by atoms with E-state index in [4.69, 9.17) is 9.72 Å². The number of nitrogens with one attached hydrogen (secondary N) is 2. The predicted molar refractivity (Wildman–Crippen MR) is 144 cm³/mol. The number of aromatic amines is 2. The number of thiophene rings is 1. The van der Waals surface area contributed by atoms with Crippen molar-refractivity contribution in [3.8, 4) is 39.0 Å². The van der Waals surface area contributed by atoms with Crippen LogP contribution in [-0.2, 0) is 0 Å². The van der Waals surface area contributed by atoms with Gasteiger partial charge in [-0.3, -0.25) is 25.0 Å². The van der Waals surface area contributed by atoms with E-state index in [1.54, 1.807) is 37.1 Å². The van der Waals surface area contributed by atoms with Crippen molar-refractivity contribution >= 4 is 33.3 Å². The van der Waals surface area contributed by atoms with Gasteiger partial charge < -0.3 is 9.72 Å². The molecule has 1 fully saturated rings. The van der Waals surface area contributed by atoms with Gasteiger partial charge in [-0.1, -0.05) is 0 Å². The molecule has 11 heteroatoms. The van der Waals surface area contributed by atoms with Crippen LogP contribution in [0.2, 0.25) is 0 Å². The average Bonchev–Trinajstić information content (AvgIpc) is 3.74. The largest absolute Gasteiger partial charge is 0.491 e. The first-order valence-corrected chi connectivity index (χ1v) is 13.3. The lowest BCUT2D eigenvalue weighted by Crippen LogP contribution is -2.25. The zero-order chi connectivity index (χ0) is 25.5. The fraction of sp³-hybridized carbons (Fsp3) is 0.222. The van der Waals surface area contributed by atoms with Gasteiger partial charge in [0.1, 0.15) is 23.6 Å². The second-order valence-corrected chi connectivity index (χ2v) is 10.3. The molecular weight excluding hydrogens is 503 g/mol. The number of imidazole rings is 1. The number of aromatic nitrogens is 7. The van der Waals surface area contributed by atoms with Crippen LogP contribution in [0.3, 0.4) is 0 Å². The van der Waals surface area contributed by atoms with Gasteiger partial charge in [-0.05, 0) is 50.2 Å². The van der Waals surface area contributed by atoms with Crippen molar-refractivity contribution in [1.29, 1.82) is 0 Å². The fourth-order valence-corrected chi connectivity index (χ4v) is 5.62. The van der Waals surface area contributed by atoms with Crippen molar-refractivity contribution in [2.45, 2.75) is 12.8 Å². The number of hydrogen-bond acceptors (Lipinski definition) is 8. The standard InChI is InChI=1S/C27H23FN8OS/c28-24-4-3-23(38-24)19-13-30-14-22-25(19)33-27(32-22)26-18-10-20(31-15-21(18)34-35-26)16-9-17(12-29-11-16)37-8-7-36-5-1-2-6-36/h3-4,9-15H,1-2,5-8H2,(H,32,33)(H,34,35). The number of H-pyrrole nitrogens is 2. The number of ether oxygens (including phenoxy) is 1. The van der Waals surface area contributed by atoms with Gasteiger partial charge in [0.2, 0.25) is 0 Å². The molecule has 1 aliphatic rings. The molecule has 1 saturated heterocycles. The Bertz CT molecular complexity index is 1750. The summed E-state index contributed by atoms with van der Waals surface area (Å²) in [5.41, 5.74) is 5.29. The molecule has 6 aromatic heterocycles. The molecular formula is C27H23FN8OS. The number of nitrogens with zero attached hydrogens (tertiary/aromatic N) is 6. The maximum absolute atomic E-state index is 13.7. The topological polar surface area (TPSA) is 108 Å². The Balaban J connectivity index is 1.20. The van der Waals surface area contributed by atoms with Gasteiger partial charge in [0, 0.05) is 40.3 Å². The highest BCUT2D eigenvalue weighted by Crippen LogP contribution is 2.34. The first kappa shape index (κ1) is 22.9. The second-order valence-electron chi connectivity index (χ2n) is 9.27. The summed E-state index contributed by atoms with van der Waals surface area (Å²) in [6, 6.07) is 7.12. The van der Waals surface area contributed by atoms with Crippen LogP contribution in [-0.4, -0.2) is 66.3 Å². The van der Waals surface area contributed by atoms with Crippen molar-refractivity contribution in [1.82, 2.24) is 40.0 Å². The van der Waals surface area contributed by atoms with Crippen molar-refractivity contribution in [3.05, 3.63) is 60.4 Å². The van der Waals surface area contributed by atoms with Crippen molar-refractivity contribution < 1.29 is 9.13 Å². The normalized spacial score (nSPS) is 14.1. The van der Waals surface area contributed by atoms with Crippen LogP contribution >= 0.6 is 11.3 Å². The van der Waals surface area contributed by atoms with E-state index in [2.05, 4.69) is 35.0 Å². The van der Waals surface area contributed by atoms with Crippen LogP contribution in [0.15, 0.2) is 55.2 Å². The Morgan fingerprint density at radius 3 is 2.76 bits per heavy atom. The van der Waals surface area contributed by atoms with Crippen molar-refractivity contribution in [2.75, 3.05) is 26.2 Å². The molecule has 0 aromatic carbocycles. The van der Waals surface area contributed by atoms with Gasteiger partial charge >= 0.3 is 0 Å². The molecule has 6 aromatic rings. The molecule has 0 aliphatic carbocycles. The third kappa shape index (κ3) is 4.29. The minimum absolute atomic E-state index is 0.248. The summed E-state index contributed by atoms with van der Waals surface area (Å²) in [4.78, 5) is 24.6. The molecule has 190 valence electrons. The molecule has 38 heavy (non-hydrogen) atoms. The first-order chi connectivity index (χ1) is 18.7. The molecule has 1 aliphatic heterocycles. The van der Waals surface area contributed by atoms with Crippen LogP contribution in [0.1, 0.15) is 12.8 Å². The lowest BCUT2D eigenvalue weighted by molar-refractivity contribution is 0.237. The number of rotatable bonds is 7. The lowest BCUT2D eigenvalue weighted by atomic mass is 10.1. The smallest absolute Gasteiger partial charge is 0.176 e. The van der Waals surface area contributed by atoms with E-state index in [0.717, 1.165) is 74.8 Å². The molecule has 7 rings (SSSR count). The SMILES string of the molecule is Fc1ccc(-c2cncc3[nH]c(-c4n[nH]c5cnc(-c6cncc(OCCN7CCCC7)c6)cc45)nc23)s1. The number of pyridine rings is 3. The molecule has 7 heterocycles. The van der Waals surface area contributed by atoms with E-state index in [1.807, 2.05) is 12.1 Å². The Kier molecular flexibility index (Phi) is 5.78. The summed E-state index contributed by atoms with van der Waals surface area (Å²) in [5, 5.41) is 8.18. The van der Waals surface area contributed by atoms with Gasteiger partial charge in [-0.25, -0.2) is 4.98 Å². The summed E-state index contributed by atoms with van der Waals surface area (Å²) in [5.74, 6) is 1.31. The number of fused-ring (bicyclic) bond motifs is 2. The molecule has 9 nitrogen and oxygen atoms in total. The first-order valence-electron chi connectivity index (χ1n) is 12.5. The molecule has 0 atom stereocenters. The van der Waals surface area contributed by atoms with Gasteiger partial charge in [-0.2, -0.15) is 9.49 Å². The van der Waals surface area contributed by atoms with Crippen LogP contribution in [0, 0.1) is 5.13 Å².